The van der Waals surface area contributed by atoms with E-state index in [1.54, 1.807) is 24.3 Å². The van der Waals surface area contributed by atoms with Crippen LogP contribution in [-0.4, -0.2) is 42.9 Å². The van der Waals surface area contributed by atoms with Crippen LogP contribution in [-0.2, 0) is 16.4 Å². The van der Waals surface area contributed by atoms with Crippen molar-refractivity contribution in [2.45, 2.75) is 44.2 Å². The summed E-state index contributed by atoms with van der Waals surface area (Å²) < 4.78 is 39.8. The van der Waals surface area contributed by atoms with Gasteiger partial charge in [0.15, 0.2) is 0 Å². The van der Waals surface area contributed by atoms with E-state index in [1.165, 1.54) is 12.1 Å². The van der Waals surface area contributed by atoms with Gasteiger partial charge in [0.2, 0.25) is 10.0 Å². The van der Waals surface area contributed by atoms with Gasteiger partial charge in [-0.15, -0.1) is 0 Å². The molecule has 1 aliphatic carbocycles. The largest absolute Gasteiger partial charge is 0.349 e. The number of H-pyrrole nitrogens is 1. The molecule has 1 aromatic heterocycles. The highest BCUT2D eigenvalue weighted by Gasteiger charge is 2.25. The molecule has 0 atom stereocenters. The predicted octanol–water partition coefficient (Wildman–Crippen LogP) is 2.24. The minimum absolute atomic E-state index is 0.0578. The lowest BCUT2D eigenvalue weighted by atomic mass is 9.91. The maximum atomic E-state index is 14.5. The third-order valence-electron chi connectivity index (χ3n) is 5.87. The van der Waals surface area contributed by atoms with Crippen molar-refractivity contribution < 1.29 is 17.6 Å². The maximum absolute atomic E-state index is 14.5. The number of fused-ring (bicyclic) bond motifs is 1. The third-order valence-corrected chi connectivity index (χ3v) is 6.63. The number of rotatable bonds is 6. The van der Waals surface area contributed by atoms with E-state index >= 15 is 0 Å². The Morgan fingerprint density at radius 1 is 1.09 bits per heavy atom. The SMILES string of the molecule is CS(=O)(=O)NC1CCC(NC(=O)c2cc(Cc3n[nH]c(=O)c4ccccc34)ccc2F)CC1. The fraction of sp³-hybridized carbons (Fsp3) is 0.348. The molecule has 1 saturated carbocycles. The average Bonchev–Trinajstić information content (AvgIpc) is 2.77. The number of amides is 1. The van der Waals surface area contributed by atoms with E-state index < -0.39 is 21.7 Å². The number of halogens is 1. The molecule has 0 spiro atoms. The van der Waals surface area contributed by atoms with Crippen LogP contribution in [0.4, 0.5) is 4.39 Å². The predicted molar refractivity (Wildman–Crippen MR) is 123 cm³/mol. The molecule has 3 aromatic rings. The number of hydrogen-bond donors (Lipinski definition) is 3. The normalized spacial score (nSPS) is 18.8. The van der Waals surface area contributed by atoms with Gasteiger partial charge in [0.25, 0.3) is 11.5 Å². The quantitative estimate of drug-likeness (QED) is 0.508. The fourth-order valence-corrected chi connectivity index (χ4v) is 5.12. The molecule has 8 nitrogen and oxygen atoms in total. The Morgan fingerprint density at radius 3 is 2.45 bits per heavy atom. The van der Waals surface area contributed by atoms with Crippen molar-refractivity contribution in [1.29, 1.82) is 0 Å². The maximum Gasteiger partial charge on any atom is 0.272 e. The van der Waals surface area contributed by atoms with Crippen LogP contribution in [0.5, 0.6) is 0 Å². The number of nitrogens with zero attached hydrogens (tertiary/aromatic N) is 1. The summed E-state index contributed by atoms with van der Waals surface area (Å²) in [5.74, 6) is -1.13. The minimum atomic E-state index is -3.27. The third kappa shape index (κ3) is 5.63. The first-order valence-electron chi connectivity index (χ1n) is 10.7. The average molecular weight is 473 g/mol. The molecule has 4 rings (SSSR count). The van der Waals surface area contributed by atoms with Crippen LogP contribution in [0, 0.1) is 5.82 Å². The number of aromatic amines is 1. The standard InChI is InChI=1S/C23H25FN4O4S/c1-33(31,32)28-16-9-7-15(8-10-16)25-22(29)19-12-14(6-11-20(19)24)13-21-17-4-2-3-5-18(17)23(30)27-26-21/h2-6,11-12,15-16,28H,7-10,13H2,1H3,(H,25,29)(H,27,30). The summed E-state index contributed by atoms with van der Waals surface area (Å²) in [4.78, 5) is 24.8. The topological polar surface area (TPSA) is 121 Å². The van der Waals surface area contributed by atoms with Crippen LogP contribution < -0.4 is 15.6 Å². The molecular formula is C23H25FN4O4S. The Balaban J connectivity index is 1.46. The molecule has 3 N–H and O–H groups in total. The molecule has 1 aliphatic rings. The van der Waals surface area contributed by atoms with Gasteiger partial charge in [-0.25, -0.2) is 22.6 Å². The van der Waals surface area contributed by atoms with Crippen molar-refractivity contribution in [2.75, 3.05) is 6.26 Å². The van der Waals surface area contributed by atoms with Gasteiger partial charge < -0.3 is 5.32 Å². The molecule has 33 heavy (non-hydrogen) atoms. The van der Waals surface area contributed by atoms with Crippen LogP contribution >= 0.6 is 0 Å². The highest BCUT2D eigenvalue weighted by Crippen LogP contribution is 2.21. The first-order valence-corrected chi connectivity index (χ1v) is 12.6. The van der Waals surface area contributed by atoms with E-state index in [0.29, 0.717) is 54.1 Å². The van der Waals surface area contributed by atoms with E-state index in [0.717, 1.165) is 6.26 Å². The number of benzene rings is 2. The molecule has 2 aromatic carbocycles. The van der Waals surface area contributed by atoms with Crippen LogP contribution in [0.15, 0.2) is 47.3 Å². The number of carbonyl (C=O) groups is 1. The summed E-state index contributed by atoms with van der Waals surface area (Å²) >= 11 is 0. The Bertz CT molecular complexity index is 1350. The Labute approximate surface area is 190 Å². The lowest BCUT2D eigenvalue weighted by Gasteiger charge is -2.29. The van der Waals surface area contributed by atoms with Gasteiger partial charge in [-0.05, 0) is 49.4 Å². The smallest absolute Gasteiger partial charge is 0.272 e. The monoisotopic (exact) mass is 472 g/mol. The van der Waals surface area contributed by atoms with Gasteiger partial charge in [0.1, 0.15) is 5.82 Å². The molecule has 0 unspecified atom stereocenters. The zero-order valence-electron chi connectivity index (χ0n) is 18.1. The first-order chi connectivity index (χ1) is 15.7. The van der Waals surface area contributed by atoms with E-state index in [9.17, 15) is 22.4 Å². The van der Waals surface area contributed by atoms with Gasteiger partial charge in [-0.2, -0.15) is 5.10 Å². The van der Waals surface area contributed by atoms with E-state index in [-0.39, 0.29) is 23.2 Å². The van der Waals surface area contributed by atoms with Gasteiger partial charge >= 0.3 is 0 Å². The summed E-state index contributed by atoms with van der Waals surface area (Å²) in [5.41, 5.74) is 0.972. The molecule has 1 amide bonds. The number of aromatic nitrogens is 2. The molecule has 0 radical (unpaired) electrons. The molecule has 1 heterocycles. The summed E-state index contributed by atoms with van der Waals surface area (Å²) in [7, 11) is -3.27. The van der Waals surface area contributed by atoms with Gasteiger partial charge in [-0.3, -0.25) is 9.59 Å². The van der Waals surface area contributed by atoms with Crippen LogP contribution in [0.25, 0.3) is 10.8 Å². The van der Waals surface area contributed by atoms with Gasteiger partial charge in [0, 0.05) is 23.9 Å². The minimum Gasteiger partial charge on any atom is -0.349 e. The molecular weight excluding hydrogens is 447 g/mol. The van der Waals surface area contributed by atoms with E-state index in [2.05, 4.69) is 20.2 Å². The summed E-state index contributed by atoms with van der Waals surface area (Å²) in [6.45, 7) is 0. The number of hydrogen-bond acceptors (Lipinski definition) is 5. The van der Waals surface area contributed by atoms with Gasteiger partial charge in [0.05, 0.1) is 22.9 Å². The summed E-state index contributed by atoms with van der Waals surface area (Å²) in [6.07, 6.45) is 3.86. The Morgan fingerprint density at radius 2 is 1.76 bits per heavy atom. The fourth-order valence-electron chi connectivity index (χ4n) is 4.28. The van der Waals surface area contributed by atoms with Crippen molar-refractivity contribution in [1.82, 2.24) is 20.2 Å². The van der Waals surface area contributed by atoms with Crippen molar-refractivity contribution in [3.8, 4) is 0 Å². The molecule has 10 heteroatoms. The second-order valence-corrected chi connectivity index (χ2v) is 10.2. The second-order valence-electron chi connectivity index (χ2n) is 8.45. The molecule has 1 fully saturated rings. The highest BCUT2D eigenvalue weighted by molar-refractivity contribution is 7.88. The molecule has 174 valence electrons. The lowest BCUT2D eigenvalue weighted by molar-refractivity contribution is 0.0921. The molecule has 0 aliphatic heterocycles. The van der Waals surface area contributed by atoms with Crippen LogP contribution in [0.1, 0.15) is 47.3 Å². The zero-order valence-corrected chi connectivity index (χ0v) is 18.9. The van der Waals surface area contributed by atoms with Crippen LogP contribution in [0.2, 0.25) is 0 Å². The van der Waals surface area contributed by atoms with E-state index in [4.69, 9.17) is 0 Å². The number of nitrogens with one attached hydrogen (secondary N) is 3. The summed E-state index contributed by atoms with van der Waals surface area (Å²) in [6, 6.07) is 11.2. The lowest BCUT2D eigenvalue weighted by Crippen LogP contribution is -2.43. The van der Waals surface area contributed by atoms with Crippen molar-refractivity contribution >= 4 is 26.7 Å². The molecule has 0 saturated heterocycles. The van der Waals surface area contributed by atoms with Crippen molar-refractivity contribution in [3.05, 3.63) is 75.5 Å². The highest BCUT2D eigenvalue weighted by atomic mass is 32.2. The number of carbonyl (C=O) groups excluding carboxylic acids is 1. The van der Waals surface area contributed by atoms with Crippen LogP contribution in [0.3, 0.4) is 0 Å². The Kier molecular flexibility index (Phi) is 6.57. The number of sulfonamides is 1. The van der Waals surface area contributed by atoms with Crippen molar-refractivity contribution in [3.63, 3.8) is 0 Å². The molecule has 0 bridgehead atoms. The van der Waals surface area contributed by atoms with E-state index in [1.807, 2.05) is 6.07 Å². The van der Waals surface area contributed by atoms with Gasteiger partial charge in [-0.1, -0.05) is 24.3 Å². The Hall–Kier alpha value is -3.11. The van der Waals surface area contributed by atoms with Crippen molar-refractivity contribution in [2.24, 2.45) is 0 Å². The summed E-state index contributed by atoms with van der Waals surface area (Å²) in [5, 5.41) is 10.7. The zero-order chi connectivity index (χ0) is 23.6. The second kappa shape index (κ2) is 9.40. The first kappa shape index (κ1) is 23.1.